The fraction of sp³-hybridized carbons (Fsp3) is 0.300. The molecule has 0 aliphatic carbocycles. The van der Waals surface area contributed by atoms with Crippen molar-refractivity contribution in [3.63, 3.8) is 0 Å². The summed E-state index contributed by atoms with van der Waals surface area (Å²) in [4.78, 5) is 25.2. The third kappa shape index (κ3) is 3.56. The average Bonchev–Trinajstić information content (AvgIpc) is 2.62. The normalized spacial score (nSPS) is 13.0. The summed E-state index contributed by atoms with van der Waals surface area (Å²) < 4.78 is 30.6. The van der Waals surface area contributed by atoms with Crippen LogP contribution in [0, 0.1) is 11.7 Å². The van der Waals surface area contributed by atoms with E-state index in [1.165, 1.54) is 19.2 Å². The number of ketones is 1. The van der Waals surface area contributed by atoms with E-state index < -0.39 is 18.4 Å². The number of phenols is 1. The van der Waals surface area contributed by atoms with E-state index in [0.717, 1.165) is 6.07 Å². The highest BCUT2D eigenvalue weighted by atomic mass is 79.9. The molecule has 0 saturated heterocycles. The topological polar surface area (TPSA) is 82.1 Å². The number of fused-ring (bicyclic) bond motifs is 2. The van der Waals surface area contributed by atoms with Gasteiger partial charge in [0.05, 0.1) is 22.7 Å². The number of benzene rings is 2. The van der Waals surface area contributed by atoms with Crippen LogP contribution in [0.3, 0.4) is 0 Å². The van der Waals surface area contributed by atoms with Crippen LogP contribution in [0.1, 0.15) is 46.5 Å². The molecule has 1 heterocycles. The number of rotatable bonds is 4. The van der Waals surface area contributed by atoms with E-state index in [4.69, 9.17) is 14.2 Å². The van der Waals surface area contributed by atoms with E-state index in [0.29, 0.717) is 0 Å². The third-order valence-electron chi connectivity index (χ3n) is 4.23. The molecule has 0 atom stereocenters. The van der Waals surface area contributed by atoms with Crippen molar-refractivity contribution in [2.45, 2.75) is 26.9 Å². The minimum Gasteiger partial charge on any atom is -0.504 e. The number of ether oxygens (including phenoxy) is 3. The first-order chi connectivity index (χ1) is 13.2. The Balaban J connectivity index is 2.18. The first-order valence-corrected chi connectivity index (χ1v) is 9.32. The smallest absolute Gasteiger partial charge is 0.346 e. The molecule has 1 aliphatic rings. The maximum Gasteiger partial charge on any atom is 0.346 e. The van der Waals surface area contributed by atoms with Crippen molar-refractivity contribution in [1.82, 2.24) is 0 Å². The summed E-state index contributed by atoms with van der Waals surface area (Å²) >= 11 is 3.00. The van der Waals surface area contributed by atoms with E-state index in [-0.39, 0.29) is 62.3 Å². The van der Waals surface area contributed by atoms with E-state index in [2.05, 4.69) is 15.9 Å². The molecule has 6 nitrogen and oxygen atoms in total. The molecular formula is C20H18BrFO6. The second-order valence-corrected chi connectivity index (χ2v) is 7.57. The summed E-state index contributed by atoms with van der Waals surface area (Å²) in [6.45, 7) is 3.35. The summed E-state index contributed by atoms with van der Waals surface area (Å²) in [7, 11) is 1.33. The Bertz CT molecular complexity index is 970. The maximum atomic E-state index is 14.4. The molecule has 3 rings (SSSR count). The zero-order valence-corrected chi connectivity index (χ0v) is 17.1. The molecule has 0 saturated carbocycles. The molecule has 1 aliphatic heterocycles. The van der Waals surface area contributed by atoms with Gasteiger partial charge in [-0.05, 0) is 34.0 Å². The van der Waals surface area contributed by atoms with Crippen molar-refractivity contribution < 1.29 is 33.3 Å². The van der Waals surface area contributed by atoms with Crippen LogP contribution in [0.25, 0.3) is 0 Å². The van der Waals surface area contributed by atoms with E-state index in [1.54, 1.807) is 0 Å². The second-order valence-electron chi connectivity index (χ2n) is 6.72. The fourth-order valence-corrected chi connectivity index (χ4v) is 3.42. The van der Waals surface area contributed by atoms with Crippen molar-refractivity contribution in [3.05, 3.63) is 45.2 Å². The molecular weight excluding hydrogens is 435 g/mol. The summed E-state index contributed by atoms with van der Waals surface area (Å²) in [5, 5.41) is 10.2. The maximum absolute atomic E-state index is 14.4. The minimum absolute atomic E-state index is 0.0106. The molecule has 2 aromatic rings. The van der Waals surface area contributed by atoms with Gasteiger partial charge in [-0.25, -0.2) is 9.18 Å². The Morgan fingerprint density at radius 2 is 2.11 bits per heavy atom. The van der Waals surface area contributed by atoms with Gasteiger partial charge < -0.3 is 19.3 Å². The number of hydrogen-bond donors (Lipinski definition) is 1. The Kier molecular flexibility index (Phi) is 5.60. The van der Waals surface area contributed by atoms with Crippen LogP contribution in [0.4, 0.5) is 4.39 Å². The molecule has 0 fully saturated rings. The van der Waals surface area contributed by atoms with Crippen molar-refractivity contribution in [2.75, 3.05) is 7.11 Å². The van der Waals surface area contributed by atoms with Crippen LogP contribution in [0.5, 0.6) is 23.0 Å². The second kappa shape index (κ2) is 7.79. The van der Waals surface area contributed by atoms with Gasteiger partial charge in [0.2, 0.25) is 0 Å². The molecule has 0 amide bonds. The fourth-order valence-electron chi connectivity index (χ4n) is 2.97. The summed E-state index contributed by atoms with van der Waals surface area (Å²) in [5.74, 6) is -2.09. The van der Waals surface area contributed by atoms with Gasteiger partial charge in [0.15, 0.2) is 17.3 Å². The Labute approximate surface area is 169 Å². The van der Waals surface area contributed by atoms with Gasteiger partial charge >= 0.3 is 5.97 Å². The van der Waals surface area contributed by atoms with Gasteiger partial charge in [0.1, 0.15) is 29.5 Å². The predicted octanol–water partition coefficient (Wildman–Crippen LogP) is 4.99. The molecule has 1 N–H and O–H groups in total. The first-order valence-electron chi connectivity index (χ1n) is 8.53. The number of carbonyl (C=O) groups is 2. The van der Waals surface area contributed by atoms with Crippen molar-refractivity contribution >= 4 is 27.7 Å². The zero-order valence-electron chi connectivity index (χ0n) is 15.5. The van der Waals surface area contributed by atoms with Crippen LogP contribution in [-0.4, -0.2) is 24.0 Å². The number of esters is 1. The molecule has 0 unspecified atom stereocenters. The number of aromatic hydroxyl groups is 1. The quantitative estimate of drug-likeness (QED) is 0.519. The summed E-state index contributed by atoms with van der Waals surface area (Å²) in [6.07, 6.45) is 0.272. The lowest BCUT2D eigenvalue weighted by atomic mass is 9.97. The third-order valence-corrected chi connectivity index (χ3v) is 4.80. The lowest BCUT2D eigenvalue weighted by Gasteiger charge is -2.22. The van der Waals surface area contributed by atoms with E-state index in [1.807, 2.05) is 13.8 Å². The van der Waals surface area contributed by atoms with Crippen molar-refractivity contribution in [2.24, 2.45) is 5.92 Å². The number of hydrogen-bond acceptors (Lipinski definition) is 6. The SMILES string of the molecule is COc1c(C(=O)CC(C)C)ccc2c1C(=O)OCc1c(F)c(Br)cc(O)c1O2. The van der Waals surface area contributed by atoms with Crippen molar-refractivity contribution in [1.29, 1.82) is 0 Å². The monoisotopic (exact) mass is 452 g/mol. The minimum atomic E-state index is -0.824. The molecule has 0 spiro atoms. The zero-order chi connectivity index (χ0) is 20.6. The molecule has 0 aromatic heterocycles. The van der Waals surface area contributed by atoms with Crippen LogP contribution in [-0.2, 0) is 11.3 Å². The van der Waals surface area contributed by atoms with Gasteiger partial charge in [-0.1, -0.05) is 13.8 Å². The Hall–Kier alpha value is -2.61. The number of phenolic OH excluding ortho intramolecular Hbond substituents is 1. The predicted molar refractivity (Wildman–Crippen MR) is 102 cm³/mol. The standard InChI is InChI=1S/C20H18BrFO6/c1-9(2)6-13(23)10-4-5-15-16(19(10)26-3)20(25)27-8-11-17(22)12(21)7-14(24)18(11)28-15/h4-5,7,9,24H,6,8H2,1-3H3. The lowest BCUT2D eigenvalue weighted by Crippen LogP contribution is -2.16. The summed E-state index contributed by atoms with van der Waals surface area (Å²) in [5.41, 5.74) is 0.0257. The van der Waals surface area contributed by atoms with Gasteiger partial charge in [-0.2, -0.15) is 0 Å². The van der Waals surface area contributed by atoms with E-state index in [9.17, 15) is 19.1 Å². The number of halogens is 2. The molecule has 28 heavy (non-hydrogen) atoms. The van der Waals surface area contributed by atoms with Crippen LogP contribution in [0.2, 0.25) is 0 Å². The van der Waals surface area contributed by atoms with Gasteiger partial charge in [0, 0.05) is 12.5 Å². The molecule has 148 valence electrons. The highest BCUT2D eigenvalue weighted by molar-refractivity contribution is 9.10. The average molecular weight is 453 g/mol. The molecule has 2 aromatic carbocycles. The van der Waals surface area contributed by atoms with Gasteiger partial charge in [-0.15, -0.1) is 0 Å². The molecule has 8 heteroatoms. The lowest BCUT2D eigenvalue weighted by molar-refractivity contribution is 0.0450. The van der Waals surface area contributed by atoms with Crippen LogP contribution < -0.4 is 9.47 Å². The van der Waals surface area contributed by atoms with Crippen LogP contribution >= 0.6 is 15.9 Å². The van der Waals surface area contributed by atoms with Gasteiger partial charge in [-0.3, -0.25) is 4.79 Å². The van der Waals surface area contributed by atoms with Gasteiger partial charge in [0.25, 0.3) is 0 Å². The molecule has 0 bridgehead atoms. The van der Waals surface area contributed by atoms with E-state index >= 15 is 0 Å². The largest absolute Gasteiger partial charge is 0.504 e. The highest BCUT2D eigenvalue weighted by Crippen LogP contribution is 2.44. The Morgan fingerprint density at radius 1 is 1.39 bits per heavy atom. The highest BCUT2D eigenvalue weighted by Gasteiger charge is 2.31. The Morgan fingerprint density at radius 3 is 2.75 bits per heavy atom. The number of methoxy groups -OCH3 is 1. The first kappa shape index (κ1) is 20.1. The molecule has 0 radical (unpaired) electrons. The number of Topliss-reactive ketones (excluding diaryl/α,β-unsaturated/α-hetero) is 1. The van der Waals surface area contributed by atoms with Crippen molar-refractivity contribution in [3.8, 4) is 23.0 Å². The van der Waals surface area contributed by atoms with Crippen LogP contribution in [0.15, 0.2) is 22.7 Å². The number of cyclic esters (lactones) is 1. The summed E-state index contributed by atoms with van der Waals surface area (Å²) in [6, 6.07) is 4.03. The number of carbonyl (C=O) groups excluding carboxylic acids is 2.